The average Bonchev–Trinajstić information content (AvgIpc) is 3.54. The van der Waals surface area contributed by atoms with E-state index in [1.54, 1.807) is 25.6 Å². The first-order chi connectivity index (χ1) is 18.4. The molecule has 5 rings (SSSR count). The number of halogens is 1. The summed E-state index contributed by atoms with van der Waals surface area (Å²) in [5.74, 6) is 1.41. The van der Waals surface area contributed by atoms with Crippen LogP contribution in [-0.2, 0) is 4.84 Å². The number of methoxy groups -OCH3 is 1. The van der Waals surface area contributed by atoms with E-state index in [4.69, 9.17) is 9.57 Å². The molecule has 38 heavy (non-hydrogen) atoms. The molecule has 0 N–H and O–H groups in total. The number of piperidine rings is 1. The first-order valence-electron chi connectivity index (χ1n) is 13.3. The standard InChI is InChI=1S/C30H36FN5O2/c1-6-34(22(4)26-16-25(31)11-9-20(26)2)18-29-36-13-7-8-24(30(36)33-38-29)14-23-10-12-27(28(15-23)37-5)35-17-21(3)32-19-35/h9-12,14-17,19,22,26,29H,2,6-8,13,18H2,1,3-5H3. The van der Waals surface area contributed by atoms with Crippen molar-refractivity contribution in [3.63, 3.8) is 0 Å². The number of aromatic nitrogens is 2. The Morgan fingerprint density at radius 1 is 1.34 bits per heavy atom. The smallest absolute Gasteiger partial charge is 0.214 e. The molecule has 7 nitrogen and oxygen atoms in total. The maximum Gasteiger partial charge on any atom is 0.214 e. The molecule has 2 aromatic rings. The topological polar surface area (TPSA) is 55.1 Å². The van der Waals surface area contributed by atoms with E-state index in [2.05, 4.69) is 58.6 Å². The van der Waals surface area contributed by atoms with Crippen LogP contribution in [0, 0.1) is 12.8 Å². The van der Waals surface area contributed by atoms with Crippen LogP contribution in [-0.4, -0.2) is 64.2 Å². The van der Waals surface area contributed by atoms with Gasteiger partial charge < -0.3 is 19.0 Å². The molecular formula is C30H36FN5O2. The van der Waals surface area contributed by atoms with Crippen molar-refractivity contribution in [1.82, 2.24) is 19.4 Å². The third kappa shape index (κ3) is 5.18. The Morgan fingerprint density at radius 3 is 2.92 bits per heavy atom. The molecule has 200 valence electrons. The number of nitrogens with zero attached hydrogens (tertiary/aromatic N) is 5. The summed E-state index contributed by atoms with van der Waals surface area (Å²) in [6, 6.07) is 6.27. The number of allylic oxidation sites excluding steroid dienone is 3. The lowest BCUT2D eigenvalue weighted by Crippen LogP contribution is -2.49. The first kappa shape index (κ1) is 26.0. The lowest BCUT2D eigenvalue weighted by molar-refractivity contribution is -0.0234. The van der Waals surface area contributed by atoms with Crippen LogP contribution < -0.4 is 4.74 Å². The molecule has 3 unspecified atom stereocenters. The van der Waals surface area contributed by atoms with E-state index in [0.717, 1.165) is 65.6 Å². The number of fused-ring (bicyclic) bond motifs is 1. The van der Waals surface area contributed by atoms with Crippen molar-refractivity contribution in [2.45, 2.75) is 45.9 Å². The minimum absolute atomic E-state index is 0.0669. The van der Waals surface area contributed by atoms with Crippen molar-refractivity contribution in [2.24, 2.45) is 11.1 Å². The fraction of sp³-hybridized carbons (Fsp3) is 0.400. The summed E-state index contributed by atoms with van der Waals surface area (Å²) in [5, 5.41) is 4.52. The SMILES string of the molecule is C=C1C=CC(F)=CC1C(C)N(CC)CC1ON=C2C(=Cc3ccc(-n4cnc(C)c4)c(OC)c3)CCCN21. The highest BCUT2D eigenvalue weighted by Crippen LogP contribution is 2.32. The van der Waals surface area contributed by atoms with Crippen LogP contribution in [0.3, 0.4) is 0 Å². The van der Waals surface area contributed by atoms with Crippen LogP contribution >= 0.6 is 0 Å². The first-order valence-corrected chi connectivity index (χ1v) is 13.3. The molecule has 1 aromatic carbocycles. The zero-order valence-corrected chi connectivity index (χ0v) is 22.6. The molecule has 3 heterocycles. The van der Waals surface area contributed by atoms with Crippen LogP contribution in [0.25, 0.3) is 11.8 Å². The summed E-state index contributed by atoms with van der Waals surface area (Å²) in [6.07, 6.45) is 12.6. The molecule has 2 aliphatic heterocycles. The van der Waals surface area contributed by atoms with Gasteiger partial charge in [-0.3, -0.25) is 4.90 Å². The van der Waals surface area contributed by atoms with E-state index in [1.165, 1.54) is 6.08 Å². The number of aryl methyl sites for hydroxylation is 1. The molecule has 0 bridgehead atoms. The van der Waals surface area contributed by atoms with Gasteiger partial charge in [-0.15, -0.1) is 0 Å². The van der Waals surface area contributed by atoms with Gasteiger partial charge in [0, 0.05) is 24.7 Å². The van der Waals surface area contributed by atoms with Gasteiger partial charge in [-0.05, 0) is 80.3 Å². The summed E-state index contributed by atoms with van der Waals surface area (Å²) in [6.45, 7) is 12.7. The number of hydrogen-bond donors (Lipinski definition) is 0. The molecule has 1 fully saturated rings. The average molecular weight is 518 g/mol. The number of benzene rings is 1. The summed E-state index contributed by atoms with van der Waals surface area (Å²) < 4.78 is 21.7. The molecule has 1 aromatic heterocycles. The maximum absolute atomic E-state index is 14.0. The Hall–Kier alpha value is -3.65. The summed E-state index contributed by atoms with van der Waals surface area (Å²) in [4.78, 5) is 14.9. The highest BCUT2D eigenvalue weighted by Gasteiger charge is 2.37. The van der Waals surface area contributed by atoms with Gasteiger partial charge in [0.1, 0.15) is 11.6 Å². The summed E-state index contributed by atoms with van der Waals surface area (Å²) in [7, 11) is 1.69. The van der Waals surface area contributed by atoms with Crippen LogP contribution in [0.2, 0.25) is 0 Å². The number of amidine groups is 1. The van der Waals surface area contributed by atoms with Gasteiger partial charge in [-0.1, -0.05) is 30.8 Å². The number of hydrogen-bond acceptors (Lipinski definition) is 6. The molecule has 1 saturated heterocycles. The van der Waals surface area contributed by atoms with Gasteiger partial charge in [0.25, 0.3) is 0 Å². The normalized spacial score (nSPS) is 22.8. The van der Waals surface area contributed by atoms with Crippen molar-refractivity contribution >= 4 is 11.9 Å². The van der Waals surface area contributed by atoms with Crippen molar-refractivity contribution in [2.75, 3.05) is 26.7 Å². The third-order valence-corrected chi connectivity index (χ3v) is 7.66. The van der Waals surface area contributed by atoms with Gasteiger partial charge >= 0.3 is 0 Å². The zero-order chi connectivity index (χ0) is 26.8. The maximum atomic E-state index is 14.0. The molecule has 0 spiro atoms. The number of oxime groups is 1. The zero-order valence-electron chi connectivity index (χ0n) is 22.6. The predicted octanol–water partition coefficient (Wildman–Crippen LogP) is 5.64. The molecule has 3 atom stereocenters. The Morgan fingerprint density at radius 2 is 2.18 bits per heavy atom. The van der Waals surface area contributed by atoms with Crippen LogP contribution in [0.5, 0.6) is 5.75 Å². The Balaban J connectivity index is 1.31. The second-order valence-corrected chi connectivity index (χ2v) is 10.1. The van der Waals surface area contributed by atoms with Crippen molar-refractivity contribution in [3.05, 3.63) is 83.8 Å². The molecule has 1 aliphatic carbocycles. The minimum atomic E-state index is -0.205. The Bertz CT molecular complexity index is 1320. The largest absolute Gasteiger partial charge is 0.495 e. The molecule has 0 radical (unpaired) electrons. The van der Waals surface area contributed by atoms with Gasteiger partial charge in [0.2, 0.25) is 6.23 Å². The van der Waals surface area contributed by atoms with Crippen LogP contribution in [0.1, 0.15) is 37.9 Å². The second-order valence-electron chi connectivity index (χ2n) is 10.1. The highest BCUT2D eigenvalue weighted by atomic mass is 19.1. The van der Waals surface area contributed by atoms with E-state index < -0.39 is 0 Å². The van der Waals surface area contributed by atoms with E-state index in [1.807, 2.05) is 23.8 Å². The van der Waals surface area contributed by atoms with Crippen molar-refractivity contribution in [1.29, 1.82) is 0 Å². The highest BCUT2D eigenvalue weighted by molar-refractivity contribution is 6.03. The summed E-state index contributed by atoms with van der Waals surface area (Å²) in [5.41, 5.74) is 5.02. The number of likely N-dealkylation sites (N-methyl/N-ethyl adjacent to an activating group) is 1. The predicted molar refractivity (Wildman–Crippen MR) is 149 cm³/mol. The third-order valence-electron chi connectivity index (χ3n) is 7.66. The van der Waals surface area contributed by atoms with E-state index in [9.17, 15) is 4.39 Å². The molecule has 0 amide bonds. The fourth-order valence-electron chi connectivity index (χ4n) is 5.51. The quantitative estimate of drug-likeness (QED) is 0.453. The Kier molecular flexibility index (Phi) is 7.51. The lowest BCUT2D eigenvalue weighted by atomic mass is 9.88. The minimum Gasteiger partial charge on any atom is -0.495 e. The second kappa shape index (κ2) is 11.0. The van der Waals surface area contributed by atoms with Gasteiger partial charge in [-0.25, -0.2) is 9.37 Å². The number of ether oxygens (including phenoxy) is 1. The van der Waals surface area contributed by atoms with Gasteiger partial charge in [-0.2, -0.15) is 0 Å². The molecule has 0 saturated carbocycles. The van der Waals surface area contributed by atoms with Crippen LogP contribution in [0.15, 0.2) is 77.7 Å². The van der Waals surface area contributed by atoms with Crippen molar-refractivity contribution < 1.29 is 14.0 Å². The van der Waals surface area contributed by atoms with Gasteiger partial charge in [0.05, 0.1) is 31.4 Å². The van der Waals surface area contributed by atoms with E-state index >= 15 is 0 Å². The monoisotopic (exact) mass is 517 g/mol. The Labute approximate surface area is 224 Å². The fourth-order valence-corrected chi connectivity index (χ4v) is 5.51. The lowest BCUT2D eigenvalue weighted by Gasteiger charge is -2.37. The number of imidazole rings is 1. The van der Waals surface area contributed by atoms with E-state index in [0.29, 0.717) is 6.54 Å². The molecular weight excluding hydrogens is 481 g/mol. The molecule has 3 aliphatic rings. The number of rotatable bonds is 8. The molecule has 8 heteroatoms. The van der Waals surface area contributed by atoms with Gasteiger partial charge in [0.15, 0.2) is 5.84 Å². The summed E-state index contributed by atoms with van der Waals surface area (Å²) >= 11 is 0. The van der Waals surface area contributed by atoms with Crippen molar-refractivity contribution in [3.8, 4) is 11.4 Å². The van der Waals surface area contributed by atoms with E-state index in [-0.39, 0.29) is 24.0 Å². The van der Waals surface area contributed by atoms with Crippen LogP contribution in [0.4, 0.5) is 4.39 Å².